The van der Waals surface area contributed by atoms with Crippen LogP contribution >= 0.6 is 11.8 Å². The van der Waals surface area contributed by atoms with E-state index in [1.54, 1.807) is 19.0 Å². The van der Waals surface area contributed by atoms with Crippen molar-refractivity contribution in [3.8, 4) is 0 Å². The Morgan fingerprint density at radius 1 is 1.31 bits per heavy atom. The normalized spacial score (nSPS) is 20.3. The van der Waals surface area contributed by atoms with E-state index in [-0.39, 0.29) is 12.5 Å². The van der Waals surface area contributed by atoms with E-state index in [9.17, 15) is 4.79 Å². The van der Waals surface area contributed by atoms with E-state index in [2.05, 4.69) is 27.0 Å². The van der Waals surface area contributed by atoms with Gasteiger partial charge in [-0.05, 0) is 26.2 Å². The molecular formula is C19H36N4O2S. The third-order valence-electron chi connectivity index (χ3n) is 5.13. The molecule has 0 bridgehead atoms. The summed E-state index contributed by atoms with van der Waals surface area (Å²) in [5.74, 6) is 2.07. The summed E-state index contributed by atoms with van der Waals surface area (Å²) < 4.78 is 5.81. The molecule has 150 valence electrons. The van der Waals surface area contributed by atoms with Crippen LogP contribution in [0, 0.1) is 0 Å². The van der Waals surface area contributed by atoms with Crippen LogP contribution in [0.3, 0.4) is 0 Å². The molecule has 0 aromatic carbocycles. The maximum absolute atomic E-state index is 12.0. The van der Waals surface area contributed by atoms with E-state index in [0.29, 0.717) is 4.75 Å². The first-order chi connectivity index (χ1) is 12.6. The predicted molar refractivity (Wildman–Crippen MR) is 110 cm³/mol. The molecule has 1 spiro atoms. The largest absolute Gasteiger partial charge is 0.382 e. The Balaban J connectivity index is 1.98. The maximum Gasteiger partial charge on any atom is 0.243 e. The first kappa shape index (κ1) is 21.4. The van der Waals surface area contributed by atoms with E-state index >= 15 is 0 Å². The second kappa shape index (κ2) is 11.0. The van der Waals surface area contributed by atoms with Gasteiger partial charge in [-0.15, -0.1) is 0 Å². The zero-order chi connectivity index (χ0) is 18.8. The van der Waals surface area contributed by atoms with Gasteiger partial charge < -0.3 is 19.9 Å². The highest BCUT2D eigenvalue weighted by molar-refractivity contribution is 8.00. The van der Waals surface area contributed by atoms with Crippen molar-refractivity contribution in [2.45, 2.75) is 50.2 Å². The molecule has 0 unspecified atom stereocenters. The average Bonchev–Trinajstić information content (AvgIpc) is 2.64. The summed E-state index contributed by atoms with van der Waals surface area (Å²) in [6, 6.07) is 0. The Morgan fingerprint density at radius 3 is 2.77 bits per heavy atom. The average molecular weight is 385 g/mol. The van der Waals surface area contributed by atoms with Crippen LogP contribution in [-0.2, 0) is 9.53 Å². The molecule has 2 aliphatic rings. The van der Waals surface area contributed by atoms with Crippen molar-refractivity contribution in [3.63, 3.8) is 0 Å². The van der Waals surface area contributed by atoms with Crippen LogP contribution in [0.1, 0.15) is 45.4 Å². The van der Waals surface area contributed by atoms with Gasteiger partial charge >= 0.3 is 0 Å². The van der Waals surface area contributed by atoms with E-state index in [1.807, 2.05) is 6.92 Å². The van der Waals surface area contributed by atoms with Crippen LogP contribution in [0.15, 0.2) is 4.99 Å². The molecule has 0 atom stereocenters. The molecule has 0 aromatic heterocycles. The van der Waals surface area contributed by atoms with Gasteiger partial charge in [-0.2, -0.15) is 11.8 Å². The number of hydrogen-bond acceptors (Lipinski definition) is 4. The monoisotopic (exact) mass is 384 g/mol. The number of ether oxygens (including phenoxy) is 1. The van der Waals surface area contributed by atoms with Gasteiger partial charge in [0, 0.05) is 57.4 Å². The number of likely N-dealkylation sites (N-methyl/N-ethyl adjacent to an activating group) is 1. The maximum atomic E-state index is 12.0. The molecule has 0 aromatic rings. The van der Waals surface area contributed by atoms with Crippen LogP contribution in [0.5, 0.6) is 0 Å². The van der Waals surface area contributed by atoms with Crippen molar-refractivity contribution < 1.29 is 9.53 Å². The van der Waals surface area contributed by atoms with Crippen LogP contribution < -0.4 is 5.32 Å². The highest BCUT2D eigenvalue weighted by Crippen LogP contribution is 2.42. The molecular weight excluding hydrogens is 348 g/mol. The van der Waals surface area contributed by atoms with E-state index in [4.69, 9.17) is 4.74 Å². The quantitative estimate of drug-likeness (QED) is 0.414. The second-order valence-electron chi connectivity index (χ2n) is 7.42. The first-order valence-electron chi connectivity index (χ1n) is 10.0. The Hall–Kier alpha value is -0.950. The zero-order valence-corrected chi connectivity index (χ0v) is 17.6. The molecule has 1 aliphatic heterocycles. The number of aliphatic imine (C=N–C) groups is 1. The first-order valence-corrected chi connectivity index (χ1v) is 11.0. The fraction of sp³-hybridized carbons (Fsp3) is 0.895. The zero-order valence-electron chi connectivity index (χ0n) is 16.8. The smallest absolute Gasteiger partial charge is 0.243 e. The van der Waals surface area contributed by atoms with Gasteiger partial charge in [0.1, 0.15) is 6.54 Å². The Morgan fingerprint density at radius 2 is 2.08 bits per heavy atom. The second-order valence-corrected chi connectivity index (χ2v) is 8.98. The molecule has 0 radical (unpaired) electrons. The Bertz CT molecular complexity index is 459. The number of hydrogen-bond donors (Lipinski definition) is 1. The van der Waals surface area contributed by atoms with Crippen molar-refractivity contribution in [1.29, 1.82) is 0 Å². The SMILES string of the molecule is CCOCCCNC(=NCC(=O)N(C)C)N1CCSC2(CCCCC2)C1. The van der Waals surface area contributed by atoms with Gasteiger partial charge in [0.05, 0.1) is 0 Å². The molecule has 7 heteroatoms. The Kier molecular flexibility index (Phi) is 9.05. The van der Waals surface area contributed by atoms with Gasteiger partial charge in [-0.25, -0.2) is 4.99 Å². The molecule has 1 heterocycles. The predicted octanol–water partition coefficient (Wildman–Crippen LogP) is 2.20. The molecule has 2 rings (SSSR count). The fourth-order valence-corrected chi connectivity index (χ4v) is 5.16. The summed E-state index contributed by atoms with van der Waals surface area (Å²) in [5, 5.41) is 3.48. The van der Waals surface area contributed by atoms with Crippen molar-refractivity contribution in [1.82, 2.24) is 15.1 Å². The summed E-state index contributed by atoms with van der Waals surface area (Å²) >= 11 is 2.15. The minimum absolute atomic E-state index is 0.0392. The summed E-state index contributed by atoms with van der Waals surface area (Å²) in [4.78, 5) is 20.6. The molecule has 1 saturated heterocycles. The lowest BCUT2D eigenvalue weighted by atomic mass is 9.87. The van der Waals surface area contributed by atoms with Gasteiger partial charge in [-0.1, -0.05) is 19.3 Å². The van der Waals surface area contributed by atoms with Gasteiger partial charge in [0.25, 0.3) is 0 Å². The van der Waals surface area contributed by atoms with Crippen molar-refractivity contribution in [2.24, 2.45) is 4.99 Å². The minimum Gasteiger partial charge on any atom is -0.382 e. The highest BCUT2D eigenvalue weighted by Gasteiger charge is 2.38. The lowest BCUT2D eigenvalue weighted by Crippen LogP contribution is -2.53. The van der Waals surface area contributed by atoms with Crippen LogP contribution in [-0.4, -0.2) is 85.7 Å². The summed E-state index contributed by atoms with van der Waals surface area (Å²) in [6.45, 7) is 6.60. The van der Waals surface area contributed by atoms with E-state index in [1.165, 1.54) is 32.1 Å². The van der Waals surface area contributed by atoms with Gasteiger partial charge in [-0.3, -0.25) is 4.79 Å². The van der Waals surface area contributed by atoms with Gasteiger partial charge in [0.15, 0.2) is 5.96 Å². The van der Waals surface area contributed by atoms with E-state index in [0.717, 1.165) is 51.0 Å². The molecule has 1 saturated carbocycles. The summed E-state index contributed by atoms with van der Waals surface area (Å²) in [7, 11) is 3.56. The number of nitrogens with zero attached hydrogens (tertiary/aromatic N) is 3. The topological polar surface area (TPSA) is 57.2 Å². The number of carbonyl (C=O) groups excluding carboxylic acids is 1. The number of amides is 1. The molecule has 1 N–H and O–H groups in total. The van der Waals surface area contributed by atoms with Crippen molar-refractivity contribution in [2.75, 3.05) is 59.2 Å². The standard InChI is InChI=1S/C19H36N4O2S/c1-4-25-13-8-11-20-18(21-15-17(24)22(2)3)23-12-14-26-19(16-23)9-6-5-7-10-19/h4-16H2,1-3H3,(H,20,21). The van der Waals surface area contributed by atoms with Crippen LogP contribution in [0.4, 0.5) is 0 Å². The minimum atomic E-state index is 0.0392. The molecule has 6 nitrogen and oxygen atoms in total. The highest BCUT2D eigenvalue weighted by atomic mass is 32.2. The number of nitrogens with one attached hydrogen (secondary N) is 1. The fourth-order valence-electron chi connectivity index (χ4n) is 3.59. The van der Waals surface area contributed by atoms with Crippen LogP contribution in [0.2, 0.25) is 0 Å². The number of thioether (sulfide) groups is 1. The third-order valence-corrected chi connectivity index (χ3v) is 6.66. The summed E-state index contributed by atoms with van der Waals surface area (Å²) in [6.07, 6.45) is 7.62. The van der Waals surface area contributed by atoms with Crippen molar-refractivity contribution >= 4 is 23.6 Å². The summed E-state index contributed by atoms with van der Waals surface area (Å²) in [5.41, 5.74) is 0. The van der Waals surface area contributed by atoms with E-state index < -0.39 is 0 Å². The lowest BCUT2D eigenvalue weighted by Gasteiger charge is -2.45. The molecule has 1 aliphatic carbocycles. The molecule has 26 heavy (non-hydrogen) atoms. The molecule has 1 amide bonds. The Labute approximate surface area is 163 Å². The number of guanidine groups is 1. The molecule has 2 fully saturated rings. The number of carbonyl (C=O) groups is 1. The van der Waals surface area contributed by atoms with Crippen molar-refractivity contribution in [3.05, 3.63) is 0 Å². The van der Waals surface area contributed by atoms with Gasteiger partial charge in [0.2, 0.25) is 5.91 Å². The lowest BCUT2D eigenvalue weighted by molar-refractivity contribution is -0.127. The third kappa shape index (κ3) is 6.65. The number of rotatable bonds is 7. The van der Waals surface area contributed by atoms with Crippen LogP contribution in [0.25, 0.3) is 0 Å².